The second-order valence-corrected chi connectivity index (χ2v) is 10.7. The van der Waals surface area contributed by atoms with Gasteiger partial charge in [-0.15, -0.1) is 0 Å². The van der Waals surface area contributed by atoms with Crippen LogP contribution in [0.4, 0.5) is 14.9 Å². The quantitative estimate of drug-likeness (QED) is 0.318. The van der Waals surface area contributed by atoms with E-state index in [4.69, 9.17) is 9.15 Å². The lowest BCUT2D eigenvalue weighted by Crippen LogP contribution is -2.49. The SMILES string of the molecule is CC(C)(C)OC(=O)N1CCN(Cc2ccc3cc(-c4ccccc4NC(=O)c4cccc(F)c4)oc3c2)CC1. The summed E-state index contributed by atoms with van der Waals surface area (Å²) in [5, 5.41) is 3.83. The van der Waals surface area contributed by atoms with Crippen molar-refractivity contribution in [2.75, 3.05) is 31.5 Å². The van der Waals surface area contributed by atoms with Gasteiger partial charge in [0.15, 0.2) is 0 Å². The number of rotatable bonds is 5. The summed E-state index contributed by atoms with van der Waals surface area (Å²) in [5.41, 5.74) is 2.92. The summed E-state index contributed by atoms with van der Waals surface area (Å²) in [6.07, 6.45) is -0.265. The van der Waals surface area contributed by atoms with Crippen LogP contribution >= 0.6 is 0 Å². The van der Waals surface area contributed by atoms with Crippen LogP contribution in [0.25, 0.3) is 22.3 Å². The predicted octanol–water partition coefficient (Wildman–Crippen LogP) is 6.54. The minimum atomic E-state index is -0.501. The molecule has 1 aliphatic heterocycles. The average Bonchev–Trinajstić information content (AvgIpc) is 3.32. The topological polar surface area (TPSA) is 75.0 Å². The van der Waals surface area contributed by atoms with Crippen LogP contribution < -0.4 is 5.32 Å². The molecule has 8 heteroatoms. The molecule has 1 aromatic heterocycles. The maximum atomic E-state index is 13.6. The van der Waals surface area contributed by atoms with Crippen molar-refractivity contribution in [3.8, 4) is 11.3 Å². The molecule has 0 bridgehead atoms. The van der Waals surface area contributed by atoms with Gasteiger partial charge in [-0.25, -0.2) is 9.18 Å². The van der Waals surface area contributed by atoms with E-state index in [9.17, 15) is 14.0 Å². The molecule has 0 radical (unpaired) electrons. The van der Waals surface area contributed by atoms with Crippen molar-refractivity contribution < 1.29 is 23.1 Å². The third kappa shape index (κ3) is 6.46. The Labute approximate surface area is 227 Å². The second-order valence-electron chi connectivity index (χ2n) is 10.7. The molecule has 7 nitrogen and oxygen atoms in total. The van der Waals surface area contributed by atoms with E-state index in [1.54, 1.807) is 17.0 Å². The number of hydrogen-bond donors (Lipinski definition) is 1. The van der Waals surface area contributed by atoms with E-state index in [2.05, 4.69) is 16.3 Å². The highest BCUT2D eigenvalue weighted by Gasteiger charge is 2.26. The number of amides is 2. The first-order chi connectivity index (χ1) is 18.6. The first kappa shape index (κ1) is 26.4. The minimum absolute atomic E-state index is 0.242. The van der Waals surface area contributed by atoms with Gasteiger partial charge in [0.1, 0.15) is 22.8 Å². The Hall–Kier alpha value is -4.17. The third-order valence-corrected chi connectivity index (χ3v) is 6.54. The maximum absolute atomic E-state index is 13.6. The van der Waals surface area contributed by atoms with E-state index in [1.165, 1.54) is 18.2 Å². The molecule has 0 unspecified atom stereocenters. The lowest BCUT2D eigenvalue weighted by atomic mass is 10.1. The van der Waals surface area contributed by atoms with Crippen molar-refractivity contribution in [3.05, 3.63) is 89.7 Å². The van der Waals surface area contributed by atoms with Crippen molar-refractivity contribution in [1.29, 1.82) is 0 Å². The van der Waals surface area contributed by atoms with Gasteiger partial charge in [-0.05, 0) is 68.8 Å². The van der Waals surface area contributed by atoms with Gasteiger partial charge in [0, 0.05) is 49.2 Å². The third-order valence-electron chi connectivity index (χ3n) is 6.54. The molecule has 202 valence electrons. The summed E-state index contributed by atoms with van der Waals surface area (Å²) >= 11 is 0. The number of furan rings is 1. The van der Waals surface area contributed by atoms with E-state index >= 15 is 0 Å². The molecule has 1 fully saturated rings. The number of halogens is 1. The monoisotopic (exact) mass is 529 g/mol. The summed E-state index contributed by atoms with van der Waals surface area (Å²) < 4.78 is 25.3. The summed E-state index contributed by atoms with van der Waals surface area (Å²) in [6, 6.07) is 21.1. The number of piperazine rings is 1. The van der Waals surface area contributed by atoms with Crippen LogP contribution in [0.15, 0.2) is 77.2 Å². The molecule has 1 N–H and O–H groups in total. The van der Waals surface area contributed by atoms with Gasteiger partial charge >= 0.3 is 6.09 Å². The van der Waals surface area contributed by atoms with Crippen molar-refractivity contribution in [1.82, 2.24) is 9.80 Å². The number of carbonyl (C=O) groups is 2. The number of ether oxygens (including phenoxy) is 1. The molecule has 3 aromatic carbocycles. The normalized spacial score (nSPS) is 14.4. The molecule has 4 aromatic rings. The number of anilines is 1. The molecule has 0 saturated carbocycles. The minimum Gasteiger partial charge on any atom is -0.456 e. The van der Waals surface area contributed by atoms with Crippen molar-refractivity contribution in [2.45, 2.75) is 32.9 Å². The van der Waals surface area contributed by atoms with Gasteiger partial charge in [-0.2, -0.15) is 0 Å². The average molecular weight is 530 g/mol. The molecule has 5 rings (SSSR count). The highest BCUT2D eigenvalue weighted by Crippen LogP contribution is 2.33. The van der Waals surface area contributed by atoms with Gasteiger partial charge in [0.2, 0.25) is 0 Å². The van der Waals surface area contributed by atoms with E-state index in [0.717, 1.165) is 41.7 Å². The van der Waals surface area contributed by atoms with Gasteiger partial charge in [-0.3, -0.25) is 9.69 Å². The molecular formula is C31H32FN3O4. The van der Waals surface area contributed by atoms with Crippen LogP contribution in [0.5, 0.6) is 0 Å². The van der Waals surface area contributed by atoms with Gasteiger partial charge in [0.05, 0.1) is 5.69 Å². The number of carbonyl (C=O) groups excluding carboxylic acids is 2. The van der Waals surface area contributed by atoms with Gasteiger partial charge in [0.25, 0.3) is 5.91 Å². The summed E-state index contributed by atoms with van der Waals surface area (Å²) in [4.78, 5) is 29.1. The fourth-order valence-electron chi connectivity index (χ4n) is 4.61. The fourth-order valence-corrected chi connectivity index (χ4v) is 4.61. The van der Waals surface area contributed by atoms with E-state index in [1.807, 2.05) is 57.2 Å². The number of para-hydroxylation sites is 1. The predicted molar refractivity (Wildman–Crippen MR) is 149 cm³/mol. The molecule has 1 aliphatic rings. The van der Waals surface area contributed by atoms with Crippen molar-refractivity contribution >= 4 is 28.7 Å². The van der Waals surface area contributed by atoms with Gasteiger partial charge in [-0.1, -0.05) is 30.3 Å². The molecule has 2 amide bonds. The Balaban J connectivity index is 1.27. The number of fused-ring (bicyclic) bond motifs is 1. The van der Waals surface area contributed by atoms with Crippen LogP contribution in [0.3, 0.4) is 0 Å². The van der Waals surface area contributed by atoms with E-state index in [0.29, 0.717) is 24.5 Å². The van der Waals surface area contributed by atoms with Crippen LogP contribution in [0.1, 0.15) is 36.7 Å². The fraction of sp³-hybridized carbons (Fsp3) is 0.290. The Morgan fingerprint density at radius 2 is 1.72 bits per heavy atom. The summed E-state index contributed by atoms with van der Waals surface area (Å²) in [6.45, 7) is 9.14. The standard InChI is InChI=1S/C31H32FN3O4/c1-31(2,3)39-30(37)35-15-13-34(14-16-35)20-21-11-12-22-19-28(38-27(22)17-21)25-9-4-5-10-26(25)33-29(36)23-7-6-8-24(32)18-23/h4-12,17-19H,13-16,20H2,1-3H3,(H,33,36). The number of benzene rings is 3. The number of nitrogens with one attached hydrogen (secondary N) is 1. The Kier molecular flexibility index (Phi) is 7.39. The Bertz CT molecular complexity index is 1500. The smallest absolute Gasteiger partial charge is 0.410 e. The number of nitrogens with zero attached hydrogens (tertiary/aromatic N) is 2. The largest absolute Gasteiger partial charge is 0.456 e. The molecular weight excluding hydrogens is 497 g/mol. The zero-order valence-electron chi connectivity index (χ0n) is 22.4. The van der Waals surface area contributed by atoms with Crippen LogP contribution in [0, 0.1) is 5.82 Å². The van der Waals surface area contributed by atoms with Crippen LogP contribution in [0.2, 0.25) is 0 Å². The molecule has 0 atom stereocenters. The Morgan fingerprint density at radius 3 is 2.46 bits per heavy atom. The van der Waals surface area contributed by atoms with Crippen molar-refractivity contribution in [2.24, 2.45) is 0 Å². The highest BCUT2D eigenvalue weighted by atomic mass is 19.1. The Morgan fingerprint density at radius 1 is 0.949 bits per heavy atom. The molecule has 2 heterocycles. The maximum Gasteiger partial charge on any atom is 0.410 e. The van der Waals surface area contributed by atoms with Gasteiger partial charge < -0.3 is 19.4 Å². The first-order valence-corrected chi connectivity index (χ1v) is 13.0. The van der Waals surface area contributed by atoms with E-state index in [-0.39, 0.29) is 11.7 Å². The summed E-state index contributed by atoms with van der Waals surface area (Å²) in [7, 11) is 0. The highest BCUT2D eigenvalue weighted by molar-refractivity contribution is 6.06. The zero-order valence-corrected chi connectivity index (χ0v) is 22.4. The second kappa shape index (κ2) is 10.9. The van der Waals surface area contributed by atoms with Crippen LogP contribution in [-0.4, -0.2) is 53.6 Å². The lowest BCUT2D eigenvalue weighted by molar-refractivity contribution is 0.0139. The molecule has 39 heavy (non-hydrogen) atoms. The first-order valence-electron chi connectivity index (χ1n) is 13.0. The summed E-state index contributed by atoms with van der Waals surface area (Å²) in [5.74, 6) is -0.232. The molecule has 1 saturated heterocycles. The van der Waals surface area contributed by atoms with E-state index < -0.39 is 17.3 Å². The van der Waals surface area contributed by atoms with Crippen LogP contribution in [-0.2, 0) is 11.3 Å². The molecule has 0 spiro atoms. The lowest BCUT2D eigenvalue weighted by Gasteiger charge is -2.35. The van der Waals surface area contributed by atoms with Crippen molar-refractivity contribution in [3.63, 3.8) is 0 Å². The number of hydrogen-bond acceptors (Lipinski definition) is 5. The molecule has 0 aliphatic carbocycles. The zero-order chi connectivity index (χ0) is 27.6.